The maximum atomic E-state index is 11.0. The molecule has 5 heteroatoms. The molecule has 0 radical (unpaired) electrons. The van der Waals surface area contributed by atoms with Gasteiger partial charge in [-0.15, -0.1) is 0 Å². The van der Waals surface area contributed by atoms with E-state index in [0.29, 0.717) is 0 Å². The molecule has 3 unspecified atom stereocenters. The molecule has 1 fully saturated rings. The van der Waals surface area contributed by atoms with E-state index in [4.69, 9.17) is 4.74 Å². The lowest BCUT2D eigenvalue weighted by Gasteiger charge is -2.30. The van der Waals surface area contributed by atoms with Gasteiger partial charge in [0.1, 0.15) is 6.10 Å². The first-order chi connectivity index (χ1) is 5.57. The molecule has 1 rings (SSSR count). The number of aliphatic hydroxyl groups excluding tert-OH is 1. The van der Waals surface area contributed by atoms with Gasteiger partial charge in [-0.1, -0.05) is 6.92 Å². The normalized spacial score (nSPS) is 36.4. The first-order valence-electron chi connectivity index (χ1n) is 3.63. The monoisotopic (exact) mass is 173 g/mol. The number of hydrogen-bond acceptors (Lipinski definition) is 4. The third-order valence-electron chi connectivity index (χ3n) is 2.00. The van der Waals surface area contributed by atoms with Crippen LogP contribution in [0.4, 0.5) is 0 Å². The Kier molecular flexibility index (Phi) is 2.44. The summed E-state index contributed by atoms with van der Waals surface area (Å²) >= 11 is 0. The molecule has 68 valence electrons. The van der Waals surface area contributed by atoms with E-state index in [1.807, 2.05) is 5.32 Å². The average Bonchev–Trinajstić information content (AvgIpc) is 2.02. The van der Waals surface area contributed by atoms with E-state index in [0.717, 1.165) is 0 Å². The second-order valence-electron chi connectivity index (χ2n) is 2.79. The fraction of sp³-hybridized carbons (Fsp3) is 0.714. The summed E-state index contributed by atoms with van der Waals surface area (Å²) in [5, 5.41) is 11.3. The second-order valence-corrected chi connectivity index (χ2v) is 2.79. The molecule has 2 amide bonds. The highest BCUT2D eigenvalue weighted by Gasteiger charge is 2.40. The lowest BCUT2D eigenvalue weighted by Crippen LogP contribution is -2.57. The number of nitrogens with one attached hydrogen (secondary N) is 1. The van der Waals surface area contributed by atoms with Crippen molar-refractivity contribution < 1.29 is 19.4 Å². The number of hydrogen-bond donors (Lipinski definition) is 2. The van der Waals surface area contributed by atoms with E-state index in [-0.39, 0.29) is 0 Å². The number of imide groups is 1. The smallest absolute Gasteiger partial charge is 0.258 e. The summed E-state index contributed by atoms with van der Waals surface area (Å²) in [4.78, 5) is 21.9. The Morgan fingerprint density at radius 2 is 2.00 bits per heavy atom. The van der Waals surface area contributed by atoms with Gasteiger partial charge in [0, 0.05) is 7.11 Å². The van der Waals surface area contributed by atoms with Crippen molar-refractivity contribution in [3.05, 3.63) is 0 Å². The van der Waals surface area contributed by atoms with Crippen LogP contribution in [0.2, 0.25) is 0 Å². The van der Waals surface area contributed by atoms with Crippen molar-refractivity contribution in [2.45, 2.75) is 19.1 Å². The molecule has 3 atom stereocenters. The van der Waals surface area contributed by atoms with Crippen LogP contribution in [0, 0.1) is 5.92 Å². The van der Waals surface area contributed by atoms with E-state index < -0.39 is 29.9 Å². The molecule has 5 nitrogen and oxygen atoms in total. The molecule has 0 spiro atoms. The maximum Gasteiger partial charge on any atom is 0.258 e. The minimum atomic E-state index is -1.25. The highest BCUT2D eigenvalue weighted by atomic mass is 16.5. The summed E-state index contributed by atoms with van der Waals surface area (Å²) in [6.07, 6.45) is -1.98. The fourth-order valence-electron chi connectivity index (χ4n) is 1.21. The van der Waals surface area contributed by atoms with Crippen LogP contribution in [0.3, 0.4) is 0 Å². The molecule has 1 heterocycles. The van der Waals surface area contributed by atoms with E-state index in [2.05, 4.69) is 0 Å². The topological polar surface area (TPSA) is 75.6 Å². The summed E-state index contributed by atoms with van der Waals surface area (Å²) < 4.78 is 4.82. The van der Waals surface area contributed by atoms with Gasteiger partial charge in [-0.25, -0.2) is 0 Å². The standard InChI is InChI=1S/C7H11NO4/c1-3-5(12-2)4(9)7(11)8-6(3)10/h3-5,9H,1-2H3,(H,8,10,11). The molecule has 0 saturated carbocycles. The summed E-state index contributed by atoms with van der Waals surface area (Å²) in [6, 6.07) is 0. The molecule has 1 aliphatic rings. The van der Waals surface area contributed by atoms with E-state index in [1.165, 1.54) is 7.11 Å². The summed E-state index contributed by atoms with van der Waals surface area (Å²) in [5.74, 6) is -1.59. The molecule has 12 heavy (non-hydrogen) atoms. The van der Waals surface area contributed by atoms with Crippen LogP contribution in [0.15, 0.2) is 0 Å². The Morgan fingerprint density at radius 3 is 2.50 bits per heavy atom. The summed E-state index contributed by atoms with van der Waals surface area (Å²) in [7, 11) is 1.36. The predicted molar refractivity (Wildman–Crippen MR) is 39.1 cm³/mol. The number of ether oxygens (including phenoxy) is 1. The van der Waals surface area contributed by atoms with Gasteiger partial charge < -0.3 is 9.84 Å². The van der Waals surface area contributed by atoms with Gasteiger partial charge in [0.05, 0.1) is 5.92 Å². The lowest BCUT2D eigenvalue weighted by molar-refractivity contribution is -0.156. The largest absolute Gasteiger partial charge is 0.380 e. The number of amides is 2. The van der Waals surface area contributed by atoms with Crippen LogP contribution in [0.1, 0.15) is 6.92 Å². The third-order valence-corrected chi connectivity index (χ3v) is 2.00. The molecular weight excluding hydrogens is 162 g/mol. The Morgan fingerprint density at radius 1 is 1.42 bits per heavy atom. The number of methoxy groups -OCH3 is 1. The number of rotatable bonds is 1. The first-order valence-corrected chi connectivity index (χ1v) is 3.63. The average molecular weight is 173 g/mol. The predicted octanol–water partition coefficient (Wildman–Crippen LogP) is -1.35. The maximum absolute atomic E-state index is 11.0. The third kappa shape index (κ3) is 1.33. The van der Waals surface area contributed by atoms with Gasteiger partial charge in [-0.05, 0) is 0 Å². The molecule has 0 aromatic carbocycles. The van der Waals surface area contributed by atoms with Crippen molar-refractivity contribution in [2.24, 2.45) is 5.92 Å². The number of carbonyl (C=O) groups excluding carboxylic acids is 2. The van der Waals surface area contributed by atoms with E-state index in [1.54, 1.807) is 6.92 Å². The van der Waals surface area contributed by atoms with Crippen LogP contribution in [-0.4, -0.2) is 36.2 Å². The Bertz CT molecular complexity index is 195. The van der Waals surface area contributed by atoms with Gasteiger partial charge >= 0.3 is 0 Å². The zero-order valence-electron chi connectivity index (χ0n) is 6.90. The molecular formula is C7H11NO4. The Balaban J connectivity index is 2.80. The zero-order valence-corrected chi connectivity index (χ0v) is 6.90. The number of aliphatic hydroxyl groups is 1. The van der Waals surface area contributed by atoms with Gasteiger partial charge in [-0.3, -0.25) is 14.9 Å². The van der Waals surface area contributed by atoms with Crippen molar-refractivity contribution in [3.63, 3.8) is 0 Å². The van der Waals surface area contributed by atoms with Gasteiger partial charge in [0.15, 0.2) is 6.10 Å². The van der Waals surface area contributed by atoms with Crippen molar-refractivity contribution in [1.29, 1.82) is 0 Å². The Hall–Kier alpha value is -0.940. The number of piperidine rings is 1. The van der Waals surface area contributed by atoms with Gasteiger partial charge in [0.2, 0.25) is 5.91 Å². The second kappa shape index (κ2) is 3.20. The SMILES string of the molecule is COC1C(C)C(=O)NC(=O)C1O. The van der Waals surface area contributed by atoms with Crippen molar-refractivity contribution >= 4 is 11.8 Å². The minimum absolute atomic E-state index is 0.405. The number of carbonyl (C=O) groups is 2. The molecule has 0 bridgehead atoms. The minimum Gasteiger partial charge on any atom is -0.380 e. The fourth-order valence-corrected chi connectivity index (χ4v) is 1.21. The highest BCUT2D eigenvalue weighted by molar-refractivity contribution is 6.01. The van der Waals surface area contributed by atoms with Crippen LogP contribution < -0.4 is 5.32 Å². The van der Waals surface area contributed by atoms with Crippen LogP contribution >= 0.6 is 0 Å². The van der Waals surface area contributed by atoms with Crippen molar-refractivity contribution in [1.82, 2.24) is 5.32 Å². The van der Waals surface area contributed by atoms with Gasteiger partial charge in [0.25, 0.3) is 5.91 Å². The van der Waals surface area contributed by atoms with Crippen LogP contribution in [-0.2, 0) is 14.3 Å². The van der Waals surface area contributed by atoms with Gasteiger partial charge in [-0.2, -0.15) is 0 Å². The van der Waals surface area contributed by atoms with E-state index in [9.17, 15) is 14.7 Å². The molecule has 0 aromatic rings. The van der Waals surface area contributed by atoms with Crippen molar-refractivity contribution in [3.8, 4) is 0 Å². The molecule has 0 aliphatic carbocycles. The molecule has 1 saturated heterocycles. The van der Waals surface area contributed by atoms with Crippen LogP contribution in [0.25, 0.3) is 0 Å². The molecule has 2 N–H and O–H groups in total. The quantitative estimate of drug-likeness (QED) is 0.481. The van der Waals surface area contributed by atoms with E-state index >= 15 is 0 Å². The summed E-state index contributed by atoms with van der Waals surface area (Å²) in [5.41, 5.74) is 0. The zero-order chi connectivity index (χ0) is 9.30. The first kappa shape index (κ1) is 9.15. The molecule has 1 aliphatic heterocycles. The molecule has 0 aromatic heterocycles. The lowest BCUT2D eigenvalue weighted by atomic mass is 9.94. The summed E-state index contributed by atoms with van der Waals surface area (Å²) in [6.45, 7) is 1.60. The van der Waals surface area contributed by atoms with Crippen molar-refractivity contribution in [2.75, 3.05) is 7.11 Å². The van der Waals surface area contributed by atoms with Crippen LogP contribution in [0.5, 0.6) is 0 Å². The Labute approximate surface area is 69.7 Å². The highest BCUT2D eigenvalue weighted by Crippen LogP contribution is 2.15.